The second kappa shape index (κ2) is 6.99. The number of ether oxygens (including phenoxy) is 1. The van der Waals surface area contributed by atoms with Gasteiger partial charge in [-0.2, -0.15) is 0 Å². The highest BCUT2D eigenvalue weighted by Gasteiger charge is 1.92. The Labute approximate surface area is 62.4 Å². The lowest BCUT2D eigenvalue weighted by Crippen LogP contribution is -2.27. The first-order valence-corrected chi connectivity index (χ1v) is 3.74. The van der Waals surface area contributed by atoms with Crippen molar-refractivity contribution in [3.8, 4) is 0 Å². The molecule has 62 valence electrons. The Morgan fingerprint density at radius 1 is 1.60 bits per heavy atom. The summed E-state index contributed by atoms with van der Waals surface area (Å²) >= 11 is 0. The Kier molecular flexibility index (Phi) is 6.91. The fourth-order valence-electron chi connectivity index (χ4n) is 0.600. The molecule has 3 heteroatoms. The van der Waals surface area contributed by atoms with Gasteiger partial charge in [0.25, 0.3) is 0 Å². The monoisotopic (exact) mass is 147 g/mol. The predicted octanol–water partition coefficient (Wildman–Crippen LogP) is -0.00670. The van der Waals surface area contributed by atoms with Gasteiger partial charge in [0.05, 0.1) is 12.7 Å². The fourth-order valence-corrected chi connectivity index (χ4v) is 0.600. The molecule has 0 aliphatic carbocycles. The number of hydrogen-bond donors (Lipinski definition) is 2. The van der Waals surface area contributed by atoms with E-state index in [2.05, 4.69) is 5.32 Å². The zero-order valence-electron chi connectivity index (χ0n) is 6.76. The minimum Gasteiger partial charge on any atom is -0.392 e. The third-order valence-electron chi connectivity index (χ3n) is 1.07. The molecule has 0 aromatic carbocycles. The predicted molar refractivity (Wildman–Crippen MR) is 41.0 cm³/mol. The van der Waals surface area contributed by atoms with Crippen LogP contribution in [0.15, 0.2) is 0 Å². The smallest absolute Gasteiger partial charge is 0.0636 e. The van der Waals surface area contributed by atoms with E-state index in [1.54, 1.807) is 6.92 Å². The zero-order valence-corrected chi connectivity index (χ0v) is 6.76. The molecule has 0 rings (SSSR count). The normalized spacial score (nSPS) is 13.5. The second-order valence-corrected chi connectivity index (χ2v) is 2.25. The molecule has 0 fully saturated rings. The van der Waals surface area contributed by atoms with Crippen LogP contribution in [0.2, 0.25) is 0 Å². The molecule has 0 saturated carbocycles. The Hall–Kier alpha value is -0.120. The minimum atomic E-state index is -0.262. The molecule has 1 unspecified atom stereocenters. The molecule has 0 aliphatic rings. The highest BCUT2D eigenvalue weighted by atomic mass is 16.5. The average molecular weight is 147 g/mol. The van der Waals surface area contributed by atoms with Crippen LogP contribution in [0.25, 0.3) is 0 Å². The van der Waals surface area contributed by atoms with Gasteiger partial charge in [-0.1, -0.05) is 0 Å². The summed E-state index contributed by atoms with van der Waals surface area (Å²) in [6.45, 7) is 6.67. The molecule has 0 aromatic heterocycles. The summed E-state index contributed by atoms with van der Waals surface area (Å²) in [5.74, 6) is 0. The van der Waals surface area contributed by atoms with Crippen molar-refractivity contribution in [2.24, 2.45) is 0 Å². The van der Waals surface area contributed by atoms with E-state index >= 15 is 0 Å². The molecule has 0 heterocycles. The first kappa shape index (κ1) is 9.88. The van der Waals surface area contributed by atoms with Crippen LogP contribution in [0.1, 0.15) is 13.8 Å². The van der Waals surface area contributed by atoms with Gasteiger partial charge in [0.1, 0.15) is 0 Å². The highest BCUT2D eigenvalue weighted by molar-refractivity contribution is 4.51. The summed E-state index contributed by atoms with van der Waals surface area (Å²) in [6, 6.07) is 0. The number of nitrogens with one attached hydrogen (secondary N) is 1. The molecule has 0 spiro atoms. The summed E-state index contributed by atoms with van der Waals surface area (Å²) < 4.78 is 5.07. The SMILES string of the molecule is CCOCCNCC(C)O. The second-order valence-electron chi connectivity index (χ2n) is 2.25. The molecule has 1 atom stereocenters. The largest absolute Gasteiger partial charge is 0.392 e. The Balaban J connectivity index is 2.77. The third kappa shape index (κ3) is 7.88. The van der Waals surface area contributed by atoms with E-state index in [1.807, 2.05) is 6.92 Å². The van der Waals surface area contributed by atoms with Crippen molar-refractivity contribution in [2.45, 2.75) is 20.0 Å². The van der Waals surface area contributed by atoms with Gasteiger partial charge in [0, 0.05) is 19.7 Å². The molecule has 0 aromatic rings. The molecular formula is C7H17NO2. The lowest BCUT2D eigenvalue weighted by molar-refractivity contribution is 0.141. The molecule has 0 amide bonds. The van der Waals surface area contributed by atoms with E-state index < -0.39 is 0 Å². The number of hydrogen-bond acceptors (Lipinski definition) is 3. The van der Waals surface area contributed by atoms with Gasteiger partial charge < -0.3 is 15.2 Å². The van der Waals surface area contributed by atoms with Gasteiger partial charge in [0.2, 0.25) is 0 Å². The van der Waals surface area contributed by atoms with Crippen molar-refractivity contribution in [3.05, 3.63) is 0 Å². The van der Waals surface area contributed by atoms with Crippen LogP contribution in [-0.4, -0.2) is 37.5 Å². The van der Waals surface area contributed by atoms with Crippen LogP contribution in [0.3, 0.4) is 0 Å². The third-order valence-corrected chi connectivity index (χ3v) is 1.07. The maximum atomic E-state index is 8.81. The molecule has 0 aliphatic heterocycles. The Bertz CT molecular complexity index is 66.6. The van der Waals surface area contributed by atoms with Crippen LogP contribution in [0.4, 0.5) is 0 Å². The number of aliphatic hydroxyl groups is 1. The van der Waals surface area contributed by atoms with Crippen LogP contribution in [0, 0.1) is 0 Å². The van der Waals surface area contributed by atoms with Crippen molar-refractivity contribution in [1.29, 1.82) is 0 Å². The quantitative estimate of drug-likeness (QED) is 0.519. The van der Waals surface area contributed by atoms with E-state index in [0.29, 0.717) is 6.54 Å². The Morgan fingerprint density at radius 2 is 2.30 bits per heavy atom. The van der Waals surface area contributed by atoms with Crippen molar-refractivity contribution >= 4 is 0 Å². The maximum absolute atomic E-state index is 8.81. The lowest BCUT2D eigenvalue weighted by atomic mass is 10.4. The molecule has 2 N–H and O–H groups in total. The van der Waals surface area contributed by atoms with Gasteiger partial charge in [-0.3, -0.25) is 0 Å². The molecule has 0 radical (unpaired) electrons. The molecule has 0 bridgehead atoms. The van der Waals surface area contributed by atoms with Crippen molar-refractivity contribution in [3.63, 3.8) is 0 Å². The lowest BCUT2D eigenvalue weighted by Gasteiger charge is -2.05. The molecular weight excluding hydrogens is 130 g/mol. The van der Waals surface area contributed by atoms with Gasteiger partial charge in [-0.15, -0.1) is 0 Å². The summed E-state index contributed by atoms with van der Waals surface area (Å²) in [5, 5.41) is 11.9. The topological polar surface area (TPSA) is 41.5 Å². The summed E-state index contributed by atoms with van der Waals surface area (Å²) in [6.07, 6.45) is -0.262. The van der Waals surface area contributed by atoms with Crippen LogP contribution < -0.4 is 5.32 Å². The molecule has 10 heavy (non-hydrogen) atoms. The van der Waals surface area contributed by atoms with Crippen LogP contribution >= 0.6 is 0 Å². The van der Waals surface area contributed by atoms with Gasteiger partial charge in [-0.25, -0.2) is 0 Å². The fraction of sp³-hybridized carbons (Fsp3) is 1.00. The molecule has 3 nitrogen and oxygen atoms in total. The van der Waals surface area contributed by atoms with Crippen molar-refractivity contribution < 1.29 is 9.84 Å². The van der Waals surface area contributed by atoms with E-state index in [0.717, 1.165) is 19.8 Å². The van der Waals surface area contributed by atoms with E-state index in [4.69, 9.17) is 9.84 Å². The first-order chi connectivity index (χ1) is 4.77. The van der Waals surface area contributed by atoms with Crippen LogP contribution in [0.5, 0.6) is 0 Å². The van der Waals surface area contributed by atoms with Crippen molar-refractivity contribution in [1.82, 2.24) is 5.32 Å². The highest BCUT2D eigenvalue weighted by Crippen LogP contribution is 1.75. The van der Waals surface area contributed by atoms with Gasteiger partial charge >= 0.3 is 0 Å². The van der Waals surface area contributed by atoms with E-state index in [1.165, 1.54) is 0 Å². The minimum absolute atomic E-state index is 0.262. The summed E-state index contributed by atoms with van der Waals surface area (Å²) in [5.41, 5.74) is 0. The van der Waals surface area contributed by atoms with E-state index in [9.17, 15) is 0 Å². The number of rotatable bonds is 6. The van der Waals surface area contributed by atoms with Crippen LogP contribution in [-0.2, 0) is 4.74 Å². The van der Waals surface area contributed by atoms with Gasteiger partial charge in [0.15, 0.2) is 0 Å². The first-order valence-electron chi connectivity index (χ1n) is 3.74. The van der Waals surface area contributed by atoms with Crippen molar-refractivity contribution in [2.75, 3.05) is 26.3 Å². The van der Waals surface area contributed by atoms with Gasteiger partial charge in [-0.05, 0) is 13.8 Å². The maximum Gasteiger partial charge on any atom is 0.0636 e. The van der Waals surface area contributed by atoms with E-state index in [-0.39, 0.29) is 6.10 Å². The molecule has 0 saturated heterocycles. The summed E-state index contributed by atoms with van der Waals surface area (Å²) in [7, 11) is 0. The summed E-state index contributed by atoms with van der Waals surface area (Å²) in [4.78, 5) is 0. The zero-order chi connectivity index (χ0) is 7.82. The Morgan fingerprint density at radius 3 is 2.80 bits per heavy atom. The average Bonchev–Trinajstić information content (AvgIpc) is 1.87. The number of aliphatic hydroxyl groups excluding tert-OH is 1. The standard InChI is InChI=1S/C7H17NO2/c1-3-10-5-4-8-6-7(2)9/h7-9H,3-6H2,1-2H3.